The van der Waals surface area contributed by atoms with Gasteiger partial charge < -0.3 is 19.7 Å². The molecule has 0 spiro atoms. The summed E-state index contributed by atoms with van der Waals surface area (Å²) in [5.41, 5.74) is 0.537. The summed E-state index contributed by atoms with van der Waals surface area (Å²) in [6.45, 7) is 1.62. The highest BCUT2D eigenvalue weighted by Gasteiger charge is 2.46. The Labute approximate surface area is 211 Å². The van der Waals surface area contributed by atoms with Crippen LogP contribution in [0.25, 0.3) is 0 Å². The van der Waals surface area contributed by atoms with Crippen LogP contribution in [0.3, 0.4) is 0 Å². The number of hydrogen-bond acceptors (Lipinski definition) is 6. The zero-order chi connectivity index (χ0) is 26.1. The number of carbonyl (C=O) groups is 4. The van der Waals surface area contributed by atoms with E-state index in [1.54, 1.807) is 48.5 Å². The summed E-state index contributed by atoms with van der Waals surface area (Å²) in [7, 11) is 2.83. The molecule has 2 aromatic rings. The van der Waals surface area contributed by atoms with Crippen molar-refractivity contribution in [2.24, 2.45) is 0 Å². The van der Waals surface area contributed by atoms with Crippen LogP contribution in [0.5, 0.6) is 0 Å². The van der Waals surface area contributed by atoms with Gasteiger partial charge in [-0.15, -0.1) is 0 Å². The molecule has 8 heteroatoms. The highest BCUT2D eigenvalue weighted by atomic mass is 16.7. The number of amides is 2. The number of nitrogens with zero attached hydrogens (tertiary/aromatic N) is 1. The van der Waals surface area contributed by atoms with Gasteiger partial charge >= 0.3 is 0 Å². The molecule has 0 saturated carbocycles. The molecule has 1 saturated heterocycles. The molecule has 0 aromatic heterocycles. The van der Waals surface area contributed by atoms with Crippen LogP contribution in [0.2, 0.25) is 0 Å². The number of ether oxygens (including phenoxy) is 2. The van der Waals surface area contributed by atoms with Crippen LogP contribution in [0.15, 0.2) is 48.5 Å². The van der Waals surface area contributed by atoms with Crippen LogP contribution in [-0.2, 0) is 19.1 Å². The molecular formula is C28H30N2O6. The lowest BCUT2D eigenvalue weighted by Gasteiger charge is -2.36. The third-order valence-corrected chi connectivity index (χ3v) is 6.26. The van der Waals surface area contributed by atoms with Crippen LogP contribution in [0.1, 0.15) is 58.0 Å². The third-order valence-electron chi connectivity index (χ3n) is 6.26. The molecule has 0 bridgehead atoms. The predicted octanol–water partition coefficient (Wildman–Crippen LogP) is 2.59. The van der Waals surface area contributed by atoms with Crippen molar-refractivity contribution in [1.82, 2.24) is 10.2 Å². The van der Waals surface area contributed by atoms with Gasteiger partial charge in [-0.1, -0.05) is 24.0 Å². The average Bonchev–Trinajstić information content (AvgIpc) is 2.94. The normalized spacial score (nSPS) is 16.6. The van der Waals surface area contributed by atoms with Gasteiger partial charge in [-0.3, -0.25) is 19.2 Å². The van der Waals surface area contributed by atoms with Crippen molar-refractivity contribution in [3.8, 4) is 11.8 Å². The minimum Gasteiger partial charge on any atom is -0.357 e. The van der Waals surface area contributed by atoms with E-state index in [4.69, 9.17) is 9.47 Å². The SMILES string of the molecule is CNC(=O)[C@@](C)(C(=O)COC1CCCCO1)N(C)C(=O)c1ccc(C#Cc2ccc(C=O)cc2)cc1. The van der Waals surface area contributed by atoms with Crippen molar-refractivity contribution in [3.63, 3.8) is 0 Å². The molecule has 0 aliphatic carbocycles. The number of hydrogen-bond donors (Lipinski definition) is 1. The Bertz CT molecular complexity index is 1160. The maximum atomic E-state index is 13.2. The van der Waals surface area contributed by atoms with Crippen LogP contribution in [-0.4, -0.2) is 67.9 Å². The first-order valence-corrected chi connectivity index (χ1v) is 11.7. The number of nitrogens with one attached hydrogen (secondary N) is 1. The molecule has 8 nitrogen and oxygen atoms in total. The lowest BCUT2D eigenvalue weighted by Crippen LogP contribution is -2.62. The topological polar surface area (TPSA) is 102 Å². The van der Waals surface area contributed by atoms with Crippen LogP contribution in [0.4, 0.5) is 0 Å². The van der Waals surface area contributed by atoms with Gasteiger partial charge in [-0.05, 0) is 62.6 Å². The van der Waals surface area contributed by atoms with Crippen molar-refractivity contribution >= 4 is 23.9 Å². The predicted molar refractivity (Wildman–Crippen MR) is 133 cm³/mol. The van der Waals surface area contributed by atoms with Gasteiger partial charge in [0.2, 0.25) is 0 Å². The van der Waals surface area contributed by atoms with Crippen molar-refractivity contribution in [2.75, 3.05) is 27.3 Å². The number of carbonyl (C=O) groups excluding carboxylic acids is 4. The van der Waals surface area contributed by atoms with Crippen LogP contribution in [0, 0.1) is 11.8 Å². The number of benzene rings is 2. The highest BCUT2D eigenvalue weighted by Crippen LogP contribution is 2.21. The molecule has 0 radical (unpaired) electrons. The maximum Gasteiger partial charge on any atom is 0.254 e. The monoisotopic (exact) mass is 490 g/mol. The van der Waals surface area contributed by atoms with Gasteiger partial charge in [0.05, 0.1) is 0 Å². The molecule has 1 aliphatic heterocycles. The number of Topliss-reactive ketones (excluding diaryl/α,β-unsaturated/α-hetero) is 1. The smallest absolute Gasteiger partial charge is 0.254 e. The summed E-state index contributed by atoms with van der Waals surface area (Å²) in [6, 6.07) is 13.5. The Balaban J connectivity index is 1.72. The summed E-state index contributed by atoms with van der Waals surface area (Å²) in [5, 5.41) is 2.48. The van der Waals surface area contributed by atoms with E-state index in [0.29, 0.717) is 29.7 Å². The first-order chi connectivity index (χ1) is 17.3. The second-order valence-corrected chi connectivity index (χ2v) is 8.61. The first kappa shape index (κ1) is 26.8. The Morgan fingerprint density at radius 1 is 1.08 bits per heavy atom. The number of rotatable bonds is 8. The molecule has 36 heavy (non-hydrogen) atoms. The summed E-state index contributed by atoms with van der Waals surface area (Å²) in [5.74, 6) is 4.36. The second kappa shape index (κ2) is 12.2. The van der Waals surface area contributed by atoms with E-state index >= 15 is 0 Å². The van der Waals surface area contributed by atoms with E-state index in [9.17, 15) is 19.2 Å². The van der Waals surface area contributed by atoms with Gasteiger partial charge in [-0.25, -0.2) is 0 Å². The second-order valence-electron chi connectivity index (χ2n) is 8.61. The van der Waals surface area contributed by atoms with Gasteiger partial charge in [0, 0.05) is 43.0 Å². The number of aldehydes is 1. The van der Waals surface area contributed by atoms with E-state index in [0.717, 1.165) is 29.6 Å². The molecule has 1 aliphatic rings. The van der Waals surface area contributed by atoms with Crippen LogP contribution < -0.4 is 5.32 Å². The Hall–Kier alpha value is -3.80. The molecule has 1 unspecified atom stereocenters. The minimum atomic E-state index is -1.77. The largest absolute Gasteiger partial charge is 0.357 e. The molecular weight excluding hydrogens is 460 g/mol. The van der Waals surface area contributed by atoms with E-state index in [1.165, 1.54) is 21.0 Å². The van der Waals surface area contributed by atoms with E-state index < -0.39 is 29.4 Å². The zero-order valence-corrected chi connectivity index (χ0v) is 20.7. The molecule has 1 heterocycles. The summed E-state index contributed by atoms with van der Waals surface area (Å²) >= 11 is 0. The van der Waals surface area contributed by atoms with Gasteiger partial charge in [-0.2, -0.15) is 0 Å². The third kappa shape index (κ3) is 6.25. The summed E-state index contributed by atoms with van der Waals surface area (Å²) in [6.07, 6.45) is 2.84. The minimum absolute atomic E-state index is 0.304. The lowest BCUT2D eigenvalue weighted by atomic mass is 9.92. The molecule has 2 amide bonds. The molecule has 3 rings (SSSR count). The highest BCUT2D eigenvalue weighted by molar-refractivity contribution is 6.14. The van der Waals surface area contributed by atoms with Crippen molar-refractivity contribution in [3.05, 3.63) is 70.8 Å². The van der Waals surface area contributed by atoms with Crippen molar-refractivity contribution < 1.29 is 28.7 Å². The lowest BCUT2D eigenvalue weighted by molar-refractivity contribution is -0.174. The number of likely N-dealkylation sites (N-methyl/N-ethyl adjacent to an activating group) is 2. The average molecular weight is 491 g/mol. The van der Waals surface area contributed by atoms with Gasteiger partial charge in [0.25, 0.3) is 11.8 Å². The Morgan fingerprint density at radius 3 is 2.22 bits per heavy atom. The first-order valence-electron chi connectivity index (χ1n) is 11.7. The van der Waals surface area contributed by atoms with E-state index in [1.807, 2.05) is 0 Å². The maximum absolute atomic E-state index is 13.2. The fraction of sp³-hybridized carbons (Fsp3) is 0.357. The molecule has 188 valence electrons. The van der Waals surface area contributed by atoms with Crippen LogP contribution >= 0.6 is 0 Å². The van der Waals surface area contributed by atoms with E-state index in [2.05, 4.69) is 17.2 Å². The summed E-state index contributed by atoms with van der Waals surface area (Å²) in [4.78, 5) is 51.0. The zero-order valence-electron chi connectivity index (χ0n) is 20.7. The quantitative estimate of drug-likeness (QED) is 0.347. The number of ketones is 1. The van der Waals surface area contributed by atoms with Gasteiger partial charge in [0.1, 0.15) is 12.9 Å². The fourth-order valence-corrected chi connectivity index (χ4v) is 3.74. The molecule has 2 aromatic carbocycles. The molecule has 1 fully saturated rings. The van der Waals surface area contributed by atoms with E-state index in [-0.39, 0.29) is 6.61 Å². The van der Waals surface area contributed by atoms with Crippen molar-refractivity contribution in [2.45, 2.75) is 38.0 Å². The standard InChI is InChI=1S/C28H30N2O6/c1-28(27(34)29-2,24(32)19-36-25-6-4-5-17-35-25)30(3)26(33)23-15-13-21(14-16-23)8-7-20-9-11-22(18-31)12-10-20/h9-16,18,25H,4-6,17,19H2,1-3H3,(H,29,34)/t25?,28-/m1/s1. The van der Waals surface area contributed by atoms with Crippen molar-refractivity contribution in [1.29, 1.82) is 0 Å². The fourth-order valence-electron chi connectivity index (χ4n) is 3.74. The summed E-state index contributed by atoms with van der Waals surface area (Å²) < 4.78 is 11.1. The molecule has 2 atom stereocenters. The molecule has 1 N–H and O–H groups in total. The Morgan fingerprint density at radius 2 is 1.69 bits per heavy atom. The Kier molecular flexibility index (Phi) is 9.12. The van der Waals surface area contributed by atoms with Gasteiger partial charge in [0.15, 0.2) is 17.6 Å².